The van der Waals surface area contributed by atoms with Crippen molar-refractivity contribution in [3.63, 3.8) is 0 Å². The first-order chi connectivity index (χ1) is 6.70. The fourth-order valence-electron chi connectivity index (χ4n) is 1.43. The van der Waals surface area contributed by atoms with Gasteiger partial charge in [-0.05, 0) is 30.2 Å². The third kappa shape index (κ3) is 1.56. The first kappa shape index (κ1) is 9.37. The molecule has 0 aliphatic heterocycles. The smallest absolute Gasteiger partial charge is 0.223 e. The van der Waals surface area contributed by atoms with Crippen LogP contribution in [-0.2, 0) is 6.54 Å². The maximum absolute atomic E-state index is 5.78. The summed E-state index contributed by atoms with van der Waals surface area (Å²) in [6, 6.07) is 5.96. The van der Waals surface area contributed by atoms with E-state index in [0.717, 1.165) is 22.2 Å². The van der Waals surface area contributed by atoms with Gasteiger partial charge in [0.25, 0.3) is 0 Å². The largest absolute Gasteiger partial charge is 0.325 e. The van der Waals surface area contributed by atoms with Crippen molar-refractivity contribution in [3.8, 4) is 0 Å². The van der Waals surface area contributed by atoms with Crippen molar-refractivity contribution in [2.75, 3.05) is 0 Å². The zero-order valence-electron chi connectivity index (χ0n) is 7.79. The maximum Gasteiger partial charge on any atom is 0.223 e. The predicted octanol–water partition coefficient (Wildman–Crippen LogP) is 2.05. The second-order valence-electron chi connectivity index (χ2n) is 3.16. The van der Waals surface area contributed by atoms with Gasteiger partial charge in [0.15, 0.2) is 0 Å². The van der Waals surface area contributed by atoms with Crippen molar-refractivity contribution < 1.29 is 0 Å². The van der Waals surface area contributed by atoms with E-state index in [1.807, 2.05) is 25.1 Å². The van der Waals surface area contributed by atoms with Gasteiger partial charge in [0.1, 0.15) is 0 Å². The van der Waals surface area contributed by atoms with E-state index in [-0.39, 0.29) is 5.28 Å². The van der Waals surface area contributed by atoms with E-state index in [4.69, 9.17) is 17.3 Å². The first-order valence-corrected chi connectivity index (χ1v) is 4.71. The Morgan fingerprint density at radius 3 is 2.86 bits per heavy atom. The van der Waals surface area contributed by atoms with Gasteiger partial charge in [-0.25, -0.2) is 9.97 Å². The Hall–Kier alpha value is -1.19. The molecule has 0 radical (unpaired) electrons. The first-order valence-electron chi connectivity index (χ1n) is 4.33. The third-order valence-electron chi connectivity index (χ3n) is 2.10. The number of nitrogens with zero attached hydrogens (tertiary/aromatic N) is 2. The van der Waals surface area contributed by atoms with Crippen LogP contribution in [0.3, 0.4) is 0 Å². The van der Waals surface area contributed by atoms with Crippen molar-refractivity contribution in [1.29, 1.82) is 0 Å². The number of hydrogen-bond donors (Lipinski definition) is 1. The number of hydrogen-bond acceptors (Lipinski definition) is 3. The Kier molecular flexibility index (Phi) is 2.35. The molecule has 14 heavy (non-hydrogen) atoms. The van der Waals surface area contributed by atoms with E-state index < -0.39 is 0 Å². The molecule has 0 bridgehead atoms. The summed E-state index contributed by atoms with van der Waals surface area (Å²) < 4.78 is 0. The fourth-order valence-corrected chi connectivity index (χ4v) is 1.62. The number of nitrogens with two attached hydrogens (primary N) is 1. The molecule has 0 unspecified atom stereocenters. The van der Waals surface area contributed by atoms with E-state index >= 15 is 0 Å². The molecule has 0 saturated heterocycles. The Labute approximate surface area is 86.9 Å². The Morgan fingerprint density at radius 1 is 1.36 bits per heavy atom. The summed E-state index contributed by atoms with van der Waals surface area (Å²) in [6.07, 6.45) is 0. The minimum absolute atomic E-state index is 0.253. The van der Waals surface area contributed by atoms with Crippen LogP contribution in [-0.4, -0.2) is 9.97 Å². The van der Waals surface area contributed by atoms with Gasteiger partial charge in [0, 0.05) is 11.9 Å². The number of fused-ring (bicyclic) bond motifs is 1. The molecule has 0 aliphatic carbocycles. The van der Waals surface area contributed by atoms with Crippen molar-refractivity contribution in [1.82, 2.24) is 9.97 Å². The summed E-state index contributed by atoms with van der Waals surface area (Å²) in [5, 5.41) is 1.23. The van der Waals surface area contributed by atoms with E-state index in [1.165, 1.54) is 0 Å². The molecule has 0 spiro atoms. The number of aryl methyl sites for hydroxylation is 1. The average Bonchev–Trinajstić information content (AvgIpc) is 2.15. The van der Waals surface area contributed by atoms with Gasteiger partial charge in [-0.2, -0.15) is 0 Å². The topological polar surface area (TPSA) is 51.8 Å². The molecule has 2 N–H and O–H groups in total. The second kappa shape index (κ2) is 3.52. The molecule has 1 aromatic carbocycles. The normalized spacial score (nSPS) is 10.8. The van der Waals surface area contributed by atoms with Gasteiger partial charge < -0.3 is 5.73 Å². The zero-order valence-corrected chi connectivity index (χ0v) is 8.54. The second-order valence-corrected chi connectivity index (χ2v) is 3.50. The summed E-state index contributed by atoms with van der Waals surface area (Å²) in [4.78, 5) is 8.22. The highest BCUT2D eigenvalue weighted by Crippen LogP contribution is 2.18. The highest BCUT2D eigenvalue weighted by Gasteiger charge is 2.04. The van der Waals surface area contributed by atoms with Crippen LogP contribution in [0.5, 0.6) is 0 Å². The Bertz CT molecular complexity index is 477. The summed E-state index contributed by atoms with van der Waals surface area (Å²) in [5.74, 6) is 0. The lowest BCUT2D eigenvalue weighted by Crippen LogP contribution is -2.02. The van der Waals surface area contributed by atoms with Crippen molar-refractivity contribution in [2.24, 2.45) is 5.73 Å². The predicted molar refractivity (Wildman–Crippen MR) is 57.2 cm³/mol. The minimum Gasteiger partial charge on any atom is -0.325 e. The highest BCUT2D eigenvalue weighted by molar-refractivity contribution is 6.28. The molecule has 0 aliphatic rings. The van der Waals surface area contributed by atoms with Gasteiger partial charge in [-0.1, -0.05) is 12.1 Å². The van der Waals surface area contributed by atoms with Gasteiger partial charge in [0.2, 0.25) is 5.28 Å². The number of halogens is 1. The van der Waals surface area contributed by atoms with E-state index in [2.05, 4.69) is 9.97 Å². The van der Waals surface area contributed by atoms with Crippen LogP contribution in [0, 0.1) is 6.92 Å². The zero-order chi connectivity index (χ0) is 10.1. The van der Waals surface area contributed by atoms with Crippen LogP contribution in [0.15, 0.2) is 18.2 Å². The van der Waals surface area contributed by atoms with Crippen LogP contribution >= 0.6 is 11.6 Å². The lowest BCUT2D eigenvalue weighted by Gasteiger charge is -2.04. The fraction of sp³-hybridized carbons (Fsp3) is 0.200. The summed E-state index contributed by atoms with van der Waals surface area (Å²) in [7, 11) is 0. The number of rotatable bonds is 1. The van der Waals surface area contributed by atoms with Gasteiger partial charge in [0.05, 0.1) is 11.2 Å². The SMILES string of the molecule is Cc1ccc2c(CN)nc(Cl)nc2c1. The Morgan fingerprint density at radius 2 is 2.14 bits per heavy atom. The van der Waals surface area contributed by atoms with Crippen molar-refractivity contribution >= 4 is 22.5 Å². The molecule has 2 rings (SSSR count). The standard InChI is InChI=1S/C10H10ClN3/c1-6-2-3-7-8(4-6)13-10(11)14-9(7)5-12/h2-4H,5,12H2,1H3. The van der Waals surface area contributed by atoms with E-state index in [9.17, 15) is 0 Å². The molecule has 0 amide bonds. The maximum atomic E-state index is 5.78. The molecule has 0 atom stereocenters. The van der Waals surface area contributed by atoms with Crippen molar-refractivity contribution in [3.05, 3.63) is 34.7 Å². The highest BCUT2D eigenvalue weighted by atomic mass is 35.5. The Balaban J connectivity index is 2.81. The molecule has 72 valence electrons. The molecule has 4 heteroatoms. The molecule has 1 aromatic heterocycles. The number of aromatic nitrogens is 2. The lowest BCUT2D eigenvalue weighted by atomic mass is 10.1. The molecule has 2 aromatic rings. The third-order valence-corrected chi connectivity index (χ3v) is 2.27. The van der Waals surface area contributed by atoms with E-state index in [0.29, 0.717) is 6.54 Å². The van der Waals surface area contributed by atoms with Crippen LogP contribution in [0.2, 0.25) is 5.28 Å². The lowest BCUT2D eigenvalue weighted by molar-refractivity contribution is 0.990. The molecule has 1 heterocycles. The number of benzene rings is 1. The van der Waals surface area contributed by atoms with Crippen LogP contribution in [0.25, 0.3) is 10.9 Å². The summed E-state index contributed by atoms with van der Waals surface area (Å²) >= 11 is 5.78. The van der Waals surface area contributed by atoms with Gasteiger partial charge in [-0.15, -0.1) is 0 Å². The summed E-state index contributed by atoms with van der Waals surface area (Å²) in [6.45, 7) is 2.39. The quantitative estimate of drug-likeness (QED) is 0.729. The van der Waals surface area contributed by atoms with Gasteiger partial charge in [-0.3, -0.25) is 0 Å². The minimum atomic E-state index is 0.253. The van der Waals surface area contributed by atoms with Crippen LogP contribution in [0.1, 0.15) is 11.3 Å². The van der Waals surface area contributed by atoms with Crippen LogP contribution in [0.4, 0.5) is 0 Å². The van der Waals surface area contributed by atoms with Crippen molar-refractivity contribution in [2.45, 2.75) is 13.5 Å². The monoisotopic (exact) mass is 207 g/mol. The molecule has 3 nitrogen and oxygen atoms in total. The molecule has 0 saturated carbocycles. The van der Waals surface area contributed by atoms with Crippen LogP contribution < -0.4 is 5.73 Å². The van der Waals surface area contributed by atoms with Gasteiger partial charge >= 0.3 is 0 Å². The average molecular weight is 208 g/mol. The molecular formula is C10H10ClN3. The molecule has 0 fully saturated rings. The molecular weight excluding hydrogens is 198 g/mol. The van der Waals surface area contributed by atoms with E-state index in [1.54, 1.807) is 0 Å². The summed E-state index contributed by atoms with van der Waals surface area (Å²) in [5.41, 5.74) is 8.37.